The Balaban J connectivity index is 3.54. The van der Waals surface area contributed by atoms with E-state index in [1.165, 1.54) is 21.3 Å². The van der Waals surface area contributed by atoms with E-state index in [1.807, 2.05) is 19.9 Å². The lowest BCUT2D eigenvalue weighted by molar-refractivity contribution is 1.30. The van der Waals surface area contributed by atoms with Crippen LogP contribution in [0.1, 0.15) is 12.6 Å². The van der Waals surface area contributed by atoms with Crippen molar-refractivity contribution < 1.29 is 0 Å². The number of hydrogen-bond acceptors (Lipinski definition) is 2. The second-order valence-electron chi connectivity index (χ2n) is 2.24. The molecule has 0 aliphatic carbocycles. The van der Waals surface area contributed by atoms with Crippen LogP contribution >= 0.6 is 11.5 Å². The third-order valence-electron chi connectivity index (χ3n) is 1.48. The molecule has 0 atom stereocenters. The van der Waals surface area contributed by atoms with E-state index in [0.717, 1.165) is 5.69 Å². The smallest absolute Gasteiger partial charge is 0.0589 e. The molecule has 0 bridgehead atoms. The summed E-state index contributed by atoms with van der Waals surface area (Å²) in [6, 6.07) is 0. The fraction of sp³-hybridized carbons (Fsp3) is 0.222. The maximum absolute atomic E-state index is 4.24. The molecular formula is C9H11NS. The zero-order valence-electron chi connectivity index (χ0n) is 6.79. The van der Waals surface area contributed by atoms with E-state index < -0.39 is 0 Å². The van der Waals surface area contributed by atoms with Crippen LogP contribution in [0.25, 0.3) is 12.2 Å². The second kappa shape index (κ2) is 3.49. The summed E-state index contributed by atoms with van der Waals surface area (Å²) in [6.45, 7) is 7.69. The van der Waals surface area contributed by atoms with E-state index >= 15 is 0 Å². The molecule has 0 fully saturated rings. The number of allylic oxidation sites excluding steroid dienone is 1. The van der Waals surface area contributed by atoms with Gasteiger partial charge in [0.1, 0.15) is 0 Å². The molecule has 0 aromatic carbocycles. The maximum Gasteiger partial charge on any atom is 0.0589 e. The maximum atomic E-state index is 4.24. The van der Waals surface area contributed by atoms with Crippen LogP contribution in [0.4, 0.5) is 0 Å². The van der Waals surface area contributed by atoms with Crippen molar-refractivity contribution in [3.05, 3.63) is 28.1 Å². The molecule has 1 heterocycles. The summed E-state index contributed by atoms with van der Waals surface area (Å²) in [5.74, 6) is 0. The van der Waals surface area contributed by atoms with E-state index in [-0.39, 0.29) is 0 Å². The van der Waals surface area contributed by atoms with Crippen molar-refractivity contribution >= 4 is 23.7 Å². The molecule has 0 aliphatic rings. The lowest BCUT2D eigenvalue weighted by atomic mass is 10.3. The highest BCUT2D eigenvalue weighted by Gasteiger charge is 1.92. The molecule has 0 saturated carbocycles. The predicted octanol–water partition coefficient (Wildman–Crippen LogP) is 1.22. The van der Waals surface area contributed by atoms with Crippen molar-refractivity contribution in [1.82, 2.24) is 4.37 Å². The molecule has 2 heteroatoms. The van der Waals surface area contributed by atoms with Gasteiger partial charge in [-0.2, -0.15) is 4.37 Å². The minimum absolute atomic E-state index is 1.09. The lowest BCUT2D eigenvalue weighted by Gasteiger charge is -1.77. The van der Waals surface area contributed by atoms with Gasteiger partial charge >= 0.3 is 0 Å². The van der Waals surface area contributed by atoms with Gasteiger partial charge in [0.15, 0.2) is 0 Å². The first-order chi connectivity index (χ1) is 5.29. The largest absolute Gasteiger partial charge is 0.197 e. The van der Waals surface area contributed by atoms with Crippen LogP contribution in [0.15, 0.2) is 12.7 Å². The zero-order valence-corrected chi connectivity index (χ0v) is 7.61. The molecule has 1 rings (SSSR count). The number of rotatable bonds is 1. The van der Waals surface area contributed by atoms with Gasteiger partial charge in [0.05, 0.1) is 10.2 Å². The van der Waals surface area contributed by atoms with Crippen LogP contribution in [0, 0.1) is 6.92 Å². The standard InChI is InChI=1S/C9H11NS/c1-4-6-8-7(3)10-11-9(8)5-2/h4-6H,1H2,2-3H3/b8-6-,9-5+. The topological polar surface area (TPSA) is 12.9 Å². The molecule has 11 heavy (non-hydrogen) atoms. The average molecular weight is 165 g/mol. The predicted molar refractivity (Wildman–Crippen MR) is 50.9 cm³/mol. The molecule has 0 unspecified atom stereocenters. The molecule has 0 aliphatic heterocycles. The third-order valence-corrected chi connectivity index (χ3v) is 2.50. The van der Waals surface area contributed by atoms with Gasteiger partial charge in [0, 0.05) is 5.22 Å². The van der Waals surface area contributed by atoms with Crippen LogP contribution < -0.4 is 9.75 Å². The lowest BCUT2D eigenvalue weighted by Crippen LogP contribution is -2.19. The fourth-order valence-corrected chi connectivity index (χ4v) is 1.68. The van der Waals surface area contributed by atoms with Gasteiger partial charge in [-0.1, -0.05) is 24.8 Å². The normalized spacial score (nSPS) is 14.0. The van der Waals surface area contributed by atoms with E-state index in [1.54, 1.807) is 6.08 Å². The van der Waals surface area contributed by atoms with E-state index in [0.29, 0.717) is 0 Å². The van der Waals surface area contributed by atoms with Gasteiger partial charge in [0.2, 0.25) is 0 Å². The molecule has 0 spiro atoms. The molecule has 0 N–H and O–H groups in total. The van der Waals surface area contributed by atoms with Gasteiger partial charge in [-0.25, -0.2) is 0 Å². The van der Waals surface area contributed by atoms with Gasteiger partial charge in [0.25, 0.3) is 0 Å². The quantitative estimate of drug-likeness (QED) is 0.609. The molecular weight excluding hydrogens is 154 g/mol. The van der Waals surface area contributed by atoms with Gasteiger partial charge in [-0.3, -0.25) is 0 Å². The Kier molecular flexibility index (Phi) is 2.60. The summed E-state index contributed by atoms with van der Waals surface area (Å²) in [6.07, 6.45) is 5.86. The van der Waals surface area contributed by atoms with Crippen LogP contribution in [-0.2, 0) is 0 Å². The summed E-state index contributed by atoms with van der Waals surface area (Å²) in [5, 5.41) is 1.20. The van der Waals surface area contributed by atoms with Gasteiger partial charge < -0.3 is 0 Å². The van der Waals surface area contributed by atoms with Crippen LogP contribution in [0.3, 0.4) is 0 Å². The first kappa shape index (κ1) is 8.21. The Morgan fingerprint density at radius 1 is 1.55 bits per heavy atom. The first-order valence-corrected chi connectivity index (χ1v) is 4.28. The SMILES string of the molecule is C=C/C=c1/c(C)ns/c1=C/C. The number of nitrogens with zero attached hydrogens (tertiary/aromatic N) is 1. The molecule has 0 amide bonds. The van der Waals surface area contributed by atoms with Crippen LogP contribution in [0.2, 0.25) is 0 Å². The Hall–Kier alpha value is -0.890. The third kappa shape index (κ3) is 1.57. The highest BCUT2D eigenvalue weighted by molar-refractivity contribution is 7.03. The highest BCUT2D eigenvalue weighted by atomic mass is 32.1. The van der Waals surface area contributed by atoms with Gasteiger partial charge in [-0.05, 0) is 25.4 Å². The Labute approximate surface area is 70.6 Å². The summed E-state index contributed by atoms with van der Waals surface area (Å²) >= 11 is 1.53. The number of aryl methyl sites for hydroxylation is 1. The number of aromatic nitrogens is 1. The van der Waals surface area contributed by atoms with Crippen molar-refractivity contribution in [2.24, 2.45) is 0 Å². The van der Waals surface area contributed by atoms with Crippen LogP contribution in [0.5, 0.6) is 0 Å². The van der Waals surface area contributed by atoms with Crippen molar-refractivity contribution in [1.29, 1.82) is 0 Å². The molecule has 0 saturated heterocycles. The molecule has 1 nitrogen and oxygen atoms in total. The fourth-order valence-electron chi connectivity index (χ4n) is 0.923. The summed E-state index contributed by atoms with van der Waals surface area (Å²) in [7, 11) is 0. The average Bonchev–Trinajstić information content (AvgIpc) is 2.34. The van der Waals surface area contributed by atoms with Crippen molar-refractivity contribution in [2.75, 3.05) is 0 Å². The van der Waals surface area contributed by atoms with Crippen molar-refractivity contribution in [3.8, 4) is 0 Å². The van der Waals surface area contributed by atoms with Gasteiger partial charge in [-0.15, -0.1) is 0 Å². The monoisotopic (exact) mass is 165 g/mol. The summed E-state index contributed by atoms with van der Waals surface area (Å²) in [4.78, 5) is 0. The minimum atomic E-state index is 1.09. The molecule has 1 aromatic heterocycles. The Morgan fingerprint density at radius 2 is 2.27 bits per heavy atom. The van der Waals surface area contributed by atoms with E-state index in [2.05, 4.69) is 17.0 Å². The van der Waals surface area contributed by atoms with E-state index in [9.17, 15) is 0 Å². The summed E-state index contributed by atoms with van der Waals surface area (Å²) < 4.78 is 5.46. The Bertz CT molecular complexity index is 359. The zero-order chi connectivity index (χ0) is 8.27. The second-order valence-corrected chi connectivity index (χ2v) is 3.04. The first-order valence-electron chi connectivity index (χ1n) is 3.51. The van der Waals surface area contributed by atoms with E-state index in [4.69, 9.17) is 0 Å². The molecule has 1 aromatic rings. The van der Waals surface area contributed by atoms with Crippen LogP contribution in [-0.4, -0.2) is 4.37 Å². The molecule has 0 radical (unpaired) electrons. The molecule has 58 valence electrons. The van der Waals surface area contributed by atoms with Crippen molar-refractivity contribution in [2.45, 2.75) is 13.8 Å². The Morgan fingerprint density at radius 3 is 2.82 bits per heavy atom. The minimum Gasteiger partial charge on any atom is -0.197 e. The number of hydrogen-bond donors (Lipinski definition) is 0. The van der Waals surface area contributed by atoms with Crippen molar-refractivity contribution in [3.63, 3.8) is 0 Å². The summed E-state index contributed by atoms with van der Waals surface area (Å²) in [5.41, 5.74) is 1.09. The highest BCUT2D eigenvalue weighted by Crippen LogP contribution is 1.83.